The Morgan fingerprint density at radius 3 is 2.83 bits per heavy atom. The van der Waals surface area contributed by atoms with Gasteiger partial charge in [-0.25, -0.2) is 0 Å². The molecule has 3 heterocycles. The Hall–Kier alpha value is -1.01. The van der Waals surface area contributed by atoms with Crippen LogP contribution in [0.2, 0.25) is 0 Å². The van der Waals surface area contributed by atoms with E-state index in [0.717, 1.165) is 18.6 Å². The molecular weight excluding hydrogens is 428 g/mol. The van der Waals surface area contributed by atoms with Gasteiger partial charge in [0.25, 0.3) is 0 Å². The molecule has 1 saturated heterocycles. The predicted octanol–water partition coefficient (Wildman–Crippen LogP) is 1.43. The fraction of sp³-hybridized carbons (Fsp3) is 0.706. The average molecular weight is 459 g/mol. The number of nitrogen functional groups attached to an aromatic ring is 1. The fourth-order valence-corrected chi connectivity index (χ4v) is 5.29. The van der Waals surface area contributed by atoms with Crippen LogP contribution in [0.4, 0.5) is 5.82 Å². The van der Waals surface area contributed by atoms with E-state index in [2.05, 4.69) is 21.9 Å². The van der Waals surface area contributed by atoms with Crippen LogP contribution in [0, 0.1) is 0 Å². The Morgan fingerprint density at radius 2 is 2.07 bits per heavy atom. The van der Waals surface area contributed by atoms with E-state index in [9.17, 15) is 10.00 Å². The van der Waals surface area contributed by atoms with Gasteiger partial charge in [0.15, 0.2) is 0 Å². The second kappa shape index (κ2) is 10.5. The second-order valence-corrected chi connectivity index (χ2v) is 11.0. The summed E-state index contributed by atoms with van der Waals surface area (Å²) in [4.78, 5) is 23.3. The summed E-state index contributed by atoms with van der Waals surface area (Å²) in [6.07, 6.45) is 3.64. The van der Waals surface area contributed by atoms with E-state index in [0.29, 0.717) is 16.3 Å². The summed E-state index contributed by atoms with van der Waals surface area (Å²) in [7, 11) is -1.81. The van der Waals surface area contributed by atoms with Crippen molar-refractivity contribution in [2.75, 3.05) is 24.7 Å². The van der Waals surface area contributed by atoms with E-state index in [1.165, 1.54) is 26.7 Å². The first kappa shape index (κ1) is 23.7. The molecule has 0 spiro atoms. The summed E-state index contributed by atoms with van der Waals surface area (Å²) in [5.41, 5.74) is 6.98. The summed E-state index contributed by atoms with van der Waals surface area (Å²) >= 11 is 1.57. The molecule has 0 amide bonds. The van der Waals surface area contributed by atoms with Crippen LogP contribution in [-0.2, 0) is 13.8 Å². The van der Waals surface area contributed by atoms with Crippen molar-refractivity contribution in [1.82, 2.24) is 19.5 Å². The van der Waals surface area contributed by atoms with Gasteiger partial charge in [-0.1, -0.05) is 6.92 Å². The summed E-state index contributed by atoms with van der Waals surface area (Å²) in [5, 5.41) is 11.5. The SMILES string of the molecule is B[PH]1(O)OC[C@H](C)O[C@@H](n2c(SCCCCCC)nc3c(N)ncnc32)[C@@H](O)CO1. The number of rotatable bonds is 7. The van der Waals surface area contributed by atoms with Gasteiger partial charge in [0, 0.05) is 0 Å². The van der Waals surface area contributed by atoms with E-state index < -0.39 is 26.3 Å². The monoisotopic (exact) mass is 459 g/mol. The predicted molar refractivity (Wildman–Crippen MR) is 121 cm³/mol. The fourth-order valence-electron chi connectivity index (χ4n) is 3.17. The Bertz CT molecular complexity index is 844. The quantitative estimate of drug-likeness (QED) is 0.241. The molecule has 2 aromatic rings. The molecule has 0 bridgehead atoms. The van der Waals surface area contributed by atoms with Crippen LogP contribution in [-0.4, -0.2) is 68.3 Å². The van der Waals surface area contributed by atoms with Crippen LogP contribution < -0.4 is 5.73 Å². The van der Waals surface area contributed by atoms with Crippen molar-refractivity contribution in [1.29, 1.82) is 0 Å². The third kappa shape index (κ3) is 5.82. The van der Waals surface area contributed by atoms with Gasteiger partial charge in [0.2, 0.25) is 0 Å². The molecule has 1 aliphatic rings. The first-order chi connectivity index (χ1) is 14.3. The number of aliphatic hydroxyl groups is 1. The summed E-state index contributed by atoms with van der Waals surface area (Å²) in [6.45, 7) is 4.00. The number of thioether (sulfide) groups is 1. The van der Waals surface area contributed by atoms with Gasteiger partial charge in [0.1, 0.15) is 0 Å². The van der Waals surface area contributed by atoms with Crippen molar-refractivity contribution < 1.29 is 23.8 Å². The number of unbranched alkanes of at least 4 members (excludes halogenated alkanes) is 3. The molecule has 0 aromatic carbocycles. The number of ether oxygens (including phenoxy) is 1. The number of aromatic nitrogens is 4. The number of nitrogens with two attached hydrogens (primary N) is 1. The molecular formula is C17H31BN5O5PS. The molecule has 3 atom stereocenters. The maximum atomic E-state index is 10.9. The zero-order chi connectivity index (χ0) is 21.7. The van der Waals surface area contributed by atoms with Crippen LogP contribution in [0.5, 0.6) is 0 Å². The third-order valence-corrected chi connectivity index (χ3v) is 7.21. The Labute approximate surface area is 181 Å². The minimum atomic E-state index is -3.33. The third-order valence-electron chi connectivity index (χ3n) is 4.77. The van der Waals surface area contributed by atoms with Crippen molar-refractivity contribution in [3.8, 4) is 0 Å². The molecule has 30 heavy (non-hydrogen) atoms. The number of hydrogen-bond acceptors (Lipinski definition) is 10. The molecule has 0 unspecified atom stereocenters. The van der Waals surface area contributed by atoms with Crippen LogP contribution in [0.25, 0.3) is 11.2 Å². The molecule has 0 radical (unpaired) electrons. The van der Waals surface area contributed by atoms with Crippen molar-refractivity contribution in [3.63, 3.8) is 0 Å². The molecule has 10 nitrogen and oxygen atoms in total. The number of aliphatic hydroxyl groups excluding tert-OH is 1. The number of nitrogens with zero attached hydrogens (tertiary/aromatic N) is 4. The number of imidazole rings is 1. The first-order valence-corrected chi connectivity index (χ1v) is 13.5. The van der Waals surface area contributed by atoms with Gasteiger partial charge >= 0.3 is 175 Å². The number of fused-ring (bicyclic) bond motifs is 1. The van der Waals surface area contributed by atoms with Crippen LogP contribution in [0.3, 0.4) is 0 Å². The van der Waals surface area contributed by atoms with Crippen LogP contribution in [0.15, 0.2) is 11.5 Å². The standard InChI is InChI=1S/C17H31BN5O5PS/c1-3-4-5-6-7-30-17-22-13-14(19)20-10-21-15(13)23(17)16-12(24)9-27-29(18,25)26-8-11(2)28-16/h10-12,16,24-25,29H,3-9,18H2,1-2H3,(H2,19,20,21)/t11-,12-,16+/m0/s1. The molecule has 0 saturated carbocycles. The molecule has 1 fully saturated rings. The maximum absolute atomic E-state index is 10.9. The zero-order valence-corrected chi connectivity index (χ0v) is 19.5. The molecule has 2 aromatic heterocycles. The van der Waals surface area contributed by atoms with Gasteiger partial charge in [-0.15, -0.1) is 0 Å². The molecule has 3 rings (SSSR count). The van der Waals surface area contributed by atoms with E-state index in [1.807, 2.05) is 6.92 Å². The van der Waals surface area contributed by atoms with Gasteiger partial charge in [-0.2, -0.15) is 0 Å². The molecule has 0 aliphatic carbocycles. The Morgan fingerprint density at radius 1 is 1.30 bits per heavy atom. The van der Waals surface area contributed by atoms with Crippen molar-refractivity contribution in [2.24, 2.45) is 0 Å². The van der Waals surface area contributed by atoms with Crippen LogP contribution >= 0.6 is 19.6 Å². The molecule has 13 heteroatoms. The van der Waals surface area contributed by atoms with E-state index >= 15 is 0 Å². The zero-order valence-electron chi connectivity index (χ0n) is 17.7. The number of anilines is 1. The summed E-state index contributed by atoms with van der Waals surface area (Å²) < 4.78 is 18.8. The number of hydrogen-bond donors (Lipinski definition) is 3. The van der Waals surface area contributed by atoms with E-state index in [1.54, 1.807) is 16.3 Å². The molecule has 4 N–H and O–H groups in total. The van der Waals surface area contributed by atoms with Crippen LogP contribution in [0.1, 0.15) is 45.8 Å². The summed E-state index contributed by atoms with van der Waals surface area (Å²) in [6, 6.07) is 0. The second-order valence-electron chi connectivity index (χ2n) is 7.53. The Balaban J connectivity index is 1.94. The topological polar surface area (TPSA) is 138 Å². The van der Waals surface area contributed by atoms with Crippen molar-refractivity contribution >= 4 is 44.1 Å². The van der Waals surface area contributed by atoms with Crippen molar-refractivity contribution in [2.45, 2.75) is 63.1 Å². The van der Waals surface area contributed by atoms with Gasteiger partial charge in [-0.05, 0) is 0 Å². The van der Waals surface area contributed by atoms with E-state index in [4.69, 9.17) is 19.5 Å². The first-order valence-electron chi connectivity index (χ1n) is 10.3. The minimum absolute atomic E-state index is 0.141. The molecule has 168 valence electrons. The average Bonchev–Trinajstić information content (AvgIpc) is 3.09. The van der Waals surface area contributed by atoms with E-state index in [-0.39, 0.29) is 19.0 Å². The molecule has 1 aliphatic heterocycles. The van der Waals surface area contributed by atoms with Gasteiger partial charge in [0.05, 0.1) is 0 Å². The summed E-state index contributed by atoms with van der Waals surface area (Å²) in [5.74, 6) is 1.14. The Kier molecular flexibility index (Phi) is 8.31. The normalized spacial score (nSPS) is 26.1. The van der Waals surface area contributed by atoms with Gasteiger partial charge < -0.3 is 0 Å². The van der Waals surface area contributed by atoms with Gasteiger partial charge in [-0.3, -0.25) is 0 Å². The van der Waals surface area contributed by atoms with Crippen molar-refractivity contribution in [3.05, 3.63) is 6.33 Å².